The quantitative estimate of drug-likeness (QED) is 0.715. The minimum Gasteiger partial charge on any atom is -0.497 e. The lowest BCUT2D eigenvalue weighted by atomic mass is 10.1. The number of carbonyl (C=O) groups excluding carboxylic acids is 1. The number of rotatable bonds is 3. The number of hydrogen-bond donors (Lipinski definition) is 0. The standard InChI is InChI=1S/C11H9NO3/c1-14-9-4-2-8(3-5-9)11(13)10-6-7-15-12-10/h2-7H,1H3. The van der Waals surface area contributed by atoms with Gasteiger partial charge in [-0.15, -0.1) is 0 Å². The van der Waals surface area contributed by atoms with E-state index in [-0.39, 0.29) is 5.78 Å². The second kappa shape index (κ2) is 3.96. The van der Waals surface area contributed by atoms with Crippen LogP contribution < -0.4 is 4.74 Å². The van der Waals surface area contributed by atoms with Gasteiger partial charge in [0.2, 0.25) is 5.78 Å². The van der Waals surface area contributed by atoms with Gasteiger partial charge in [0.05, 0.1) is 7.11 Å². The van der Waals surface area contributed by atoms with Crippen LogP contribution in [0.25, 0.3) is 0 Å². The molecule has 4 heteroatoms. The average molecular weight is 203 g/mol. The van der Waals surface area contributed by atoms with E-state index in [0.717, 1.165) is 0 Å². The highest BCUT2D eigenvalue weighted by molar-refractivity contribution is 6.07. The van der Waals surface area contributed by atoms with Crippen molar-refractivity contribution in [3.8, 4) is 5.75 Å². The van der Waals surface area contributed by atoms with Gasteiger partial charge in [-0.3, -0.25) is 4.79 Å². The molecule has 1 heterocycles. The highest BCUT2D eigenvalue weighted by Gasteiger charge is 2.11. The zero-order valence-electron chi connectivity index (χ0n) is 8.14. The van der Waals surface area contributed by atoms with Crippen LogP contribution in [-0.2, 0) is 0 Å². The monoisotopic (exact) mass is 203 g/mol. The van der Waals surface area contributed by atoms with Gasteiger partial charge in [0, 0.05) is 11.6 Å². The van der Waals surface area contributed by atoms with E-state index in [9.17, 15) is 4.79 Å². The Balaban J connectivity index is 2.27. The third-order valence-electron chi connectivity index (χ3n) is 2.02. The van der Waals surface area contributed by atoms with Crippen LogP contribution >= 0.6 is 0 Å². The Bertz CT molecular complexity index is 445. The van der Waals surface area contributed by atoms with E-state index in [0.29, 0.717) is 17.0 Å². The fraction of sp³-hybridized carbons (Fsp3) is 0.0909. The van der Waals surface area contributed by atoms with Gasteiger partial charge in [0.1, 0.15) is 12.0 Å². The van der Waals surface area contributed by atoms with Crippen molar-refractivity contribution in [3.05, 3.63) is 47.9 Å². The summed E-state index contributed by atoms with van der Waals surface area (Å²) in [7, 11) is 1.58. The maximum atomic E-state index is 11.7. The highest BCUT2D eigenvalue weighted by Crippen LogP contribution is 2.13. The fourth-order valence-corrected chi connectivity index (χ4v) is 1.22. The summed E-state index contributed by atoms with van der Waals surface area (Å²) < 4.78 is 9.60. The predicted octanol–water partition coefficient (Wildman–Crippen LogP) is 1.91. The lowest BCUT2D eigenvalue weighted by Gasteiger charge is -2.00. The van der Waals surface area contributed by atoms with Crippen LogP contribution in [0, 0.1) is 0 Å². The Morgan fingerprint density at radius 1 is 1.27 bits per heavy atom. The van der Waals surface area contributed by atoms with E-state index in [1.807, 2.05) is 0 Å². The van der Waals surface area contributed by atoms with Gasteiger partial charge in [0.15, 0.2) is 5.69 Å². The Morgan fingerprint density at radius 2 is 2.00 bits per heavy atom. The van der Waals surface area contributed by atoms with Gasteiger partial charge in [-0.2, -0.15) is 0 Å². The number of nitrogens with zero attached hydrogens (tertiary/aromatic N) is 1. The molecule has 4 nitrogen and oxygen atoms in total. The van der Waals surface area contributed by atoms with Crippen LogP contribution in [-0.4, -0.2) is 18.0 Å². The maximum absolute atomic E-state index is 11.7. The molecule has 0 fully saturated rings. The highest BCUT2D eigenvalue weighted by atomic mass is 16.5. The molecule has 0 N–H and O–H groups in total. The van der Waals surface area contributed by atoms with E-state index in [1.165, 1.54) is 12.3 Å². The van der Waals surface area contributed by atoms with Crippen molar-refractivity contribution in [2.75, 3.05) is 7.11 Å². The molecule has 0 aliphatic rings. The summed E-state index contributed by atoms with van der Waals surface area (Å²) in [4.78, 5) is 11.7. The summed E-state index contributed by atoms with van der Waals surface area (Å²) in [6.07, 6.45) is 1.37. The molecule has 0 bridgehead atoms. The number of benzene rings is 1. The lowest BCUT2D eigenvalue weighted by molar-refractivity contribution is 0.103. The second-order valence-corrected chi connectivity index (χ2v) is 2.94. The van der Waals surface area contributed by atoms with Gasteiger partial charge >= 0.3 is 0 Å². The predicted molar refractivity (Wildman–Crippen MR) is 52.9 cm³/mol. The normalized spacial score (nSPS) is 9.93. The maximum Gasteiger partial charge on any atom is 0.214 e. The minimum atomic E-state index is -0.161. The van der Waals surface area contributed by atoms with E-state index in [4.69, 9.17) is 4.74 Å². The molecular formula is C11H9NO3. The van der Waals surface area contributed by atoms with E-state index in [2.05, 4.69) is 9.68 Å². The molecule has 0 atom stereocenters. The average Bonchev–Trinajstić information content (AvgIpc) is 2.82. The van der Waals surface area contributed by atoms with Crippen molar-refractivity contribution < 1.29 is 14.1 Å². The first kappa shape index (κ1) is 9.45. The Hall–Kier alpha value is -2.10. The van der Waals surface area contributed by atoms with Crippen LogP contribution in [0.15, 0.2) is 41.1 Å². The van der Waals surface area contributed by atoms with Crippen molar-refractivity contribution in [1.29, 1.82) is 0 Å². The van der Waals surface area contributed by atoms with Crippen LogP contribution in [0.4, 0.5) is 0 Å². The van der Waals surface area contributed by atoms with Gasteiger partial charge < -0.3 is 9.26 Å². The van der Waals surface area contributed by atoms with Crippen LogP contribution in [0.5, 0.6) is 5.75 Å². The van der Waals surface area contributed by atoms with Crippen LogP contribution in [0.1, 0.15) is 16.1 Å². The third-order valence-corrected chi connectivity index (χ3v) is 2.02. The zero-order valence-corrected chi connectivity index (χ0v) is 8.14. The van der Waals surface area contributed by atoms with E-state index in [1.54, 1.807) is 31.4 Å². The first-order valence-electron chi connectivity index (χ1n) is 4.40. The molecule has 0 saturated carbocycles. The summed E-state index contributed by atoms with van der Waals surface area (Å²) in [5, 5.41) is 3.58. The number of ether oxygens (including phenoxy) is 1. The first-order valence-corrected chi connectivity index (χ1v) is 4.40. The number of aromatic nitrogens is 1. The lowest BCUT2D eigenvalue weighted by Crippen LogP contribution is -2.01. The zero-order chi connectivity index (χ0) is 10.7. The van der Waals surface area contributed by atoms with Gasteiger partial charge in [0.25, 0.3) is 0 Å². The number of hydrogen-bond acceptors (Lipinski definition) is 4. The SMILES string of the molecule is COc1ccc(C(=O)c2ccon2)cc1. The Labute approximate surface area is 86.5 Å². The number of ketones is 1. The Kier molecular flexibility index (Phi) is 2.49. The Morgan fingerprint density at radius 3 is 2.53 bits per heavy atom. The van der Waals surface area contributed by atoms with Crippen molar-refractivity contribution in [2.24, 2.45) is 0 Å². The van der Waals surface area contributed by atoms with Gasteiger partial charge in [-0.25, -0.2) is 0 Å². The van der Waals surface area contributed by atoms with Crippen LogP contribution in [0.3, 0.4) is 0 Å². The van der Waals surface area contributed by atoms with Gasteiger partial charge in [-0.05, 0) is 24.3 Å². The molecule has 15 heavy (non-hydrogen) atoms. The summed E-state index contributed by atoms with van der Waals surface area (Å²) in [6, 6.07) is 8.37. The molecule has 0 aliphatic heterocycles. The minimum absolute atomic E-state index is 0.161. The third kappa shape index (κ3) is 1.88. The van der Waals surface area contributed by atoms with Crippen molar-refractivity contribution in [2.45, 2.75) is 0 Å². The molecule has 0 aliphatic carbocycles. The molecule has 0 amide bonds. The van der Waals surface area contributed by atoms with E-state index >= 15 is 0 Å². The smallest absolute Gasteiger partial charge is 0.214 e. The van der Waals surface area contributed by atoms with Crippen molar-refractivity contribution >= 4 is 5.78 Å². The molecule has 2 rings (SSSR count). The second-order valence-electron chi connectivity index (χ2n) is 2.94. The van der Waals surface area contributed by atoms with Crippen molar-refractivity contribution in [1.82, 2.24) is 5.16 Å². The van der Waals surface area contributed by atoms with Gasteiger partial charge in [-0.1, -0.05) is 5.16 Å². The molecule has 0 unspecified atom stereocenters. The molecule has 0 saturated heterocycles. The molecule has 76 valence electrons. The summed E-state index contributed by atoms with van der Waals surface area (Å²) in [5.41, 5.74) is 0.866. The molecule has 1 aromatic carbocycles. The summed E-state index contributed by atoms with van der Waals surface area (Å²) in [6.45, 7) is 0. The molecule has 2 aromatic rings. The van der Waals surface area contributed by atoms with Crippen molar-refractivity contribution in [3.63, 3.8) is 0 Å². The molecule has 0 spiro atoms. The fourth-order valence-electron chi connectivity index (χ4n) is 1.22. The summed E-state index contributed by atoms with van der Waals surface area (Å²) >= 11 is 0. The van der Waals surface area contributed by atoms with E-state index < -0.39 is 0 Å². The molecule has 0 radical (unpaired) electrons. The topological polar surface area (TPSA) is 52.3 Å². The summed E-state index contributed by atoms with van der Waals surface area (Å²) in [5.74, 6) is 0.554. The number of methoxy groups -OCH3 is 1. The first-order chi connectivity index (χ1) is 7.31. The number of carbonyl (C=O) groups is 1. The van der Waals surface area contributed by atoms with Crippen LogP contribution in [0.2, 0.25) is 0 Å². The largest absolute Gasteiger partial charge is 0.497 e. The molecular weight excluding hydrogens is 194 g/mol. The molecule has 1 aromatic heterocycles.